The molecule has 0 aliphatic heterocycles. The van der Waals surface area contributed by atoms with Crippen LogP contribution in [0.15, 0.2) is 52.1 Å². The number of fused-ring (bicyclic) bond motifs is 1. The third kappa shape index (κ3) is 2.14. The van der Waals surface area contributed by atoms with Gasteiger partial charge in [0.05, 0.1) is 0 Å². The van der Waals surface area contributed by atoms with Crippen molar-refractivity contribution in [3.05, 3.63) is 42.5 Å². The highest BCUT2D eigenvalue weighted by Crippen LogP contribution is 2.26. The van der Waals surface area contributed by atoms with Gasteiger partial charge in [-0.25, -0.2) is 9.97 Å². The van der Waals surface area contributed by atoms with Gasteiger partial charge in [0, 0.05) is 18.6 Å². The van der Waals surface area contributed by atoms with Crippen LogP contribution in [0.3, 0.4) is 0 Å². The summed E-state index contributed by atoms with van der Waals surface area (Å²) in [5.41, 5.74) is 6.60. The molecule has 0 saturated heterocycles. The normalized spacial score (nSPS) is 11.9. The van der Waals surface area contributed by atoms with Crippen molar-refractivity contribution in [2.45, 2.75) is 10.2 Å². The number of nitrogens with zero attached hydrogens (tertiary/aromatic N) is 6. The van der Waals surface area contributed by atoms with E-state index in [4.69, 9.17) is 10.9 Å². The Morgan fingerprint density at radius 3 is 2.95 bits per heavy atom. The Balaban J connectivity index is 2.04. The van der Waals surface area contributed by atoms with Gasteiger partial charge in [-0.15, -0.1) is 10.2 Å². The number of pyridine rings is 1. The van der Waals surface area contributed by atoms with Gasteiger partial charge in [0.15, 0.2) is 11.5 Å². The Labute approximate surface area is 117 Å². The zero-order chi connectivity index (χ0) is 13.9. The molecule has 0 unspecified atom stereocenters. The van der Waals surface area contributed by atoms with Gasteiger partial charge in [-0.1, -0.05) is 11.2 Å². The molecule has 0 aliphatic carbocycles. The van der Waals surface area contributed by atoms with Crippen LogP contribution >= 0.6 is 11.8 Å². The highest BCUT2D eigenvalue weighted by Gasteiger charge is 2.14. The molecule has 100 valence electrons. The fourth-order valence-corrected chi connectivity index (χ4v) is 2.47. The molecule has 3 aromatic heterocycles. The molecule has 3 aromatic rings. The topological polar surface area (TPSA) is 115 Å². The van der Waals surface area contributed by atoms with Crippen LogP contribution in [0.25, 0.3) is 5.65 Å². The summed E-state index contributed by atoms with van der Waals surface area (Å²) >= 11 is 1.24. The Morgan fingerprint density at radius 1 is 1.25 bits per heavy atom. The van der Waals surface area contributed by atoms with Crippen LogP contribution in [0.4, 0.5) is 0 Å². The number of hydrogen-bond donors (Lipinski definition) is 2. The largest absolute Gasteiger partial charge is 0.409 e. The zero-order valence-electron chi connectivity index (χ0n) is 10.1. The summed E-state index contributed by atoms with van der Waals surface area (Å²) in [5.74, 6) is -0.102. The van der Waals surface area contributed by atoms with E-state index in [1.807, 2.05) is 28.8 Å². The third-order valence-electron chi connectivity index (χ3n) is 2.49. The molecule has 0 amide bonds. The maximum atomic E-state index is 8.76. The molecule has 3 heterocycles. The van der Waals surface area contributed by atoms with Crippen LogP contribution in [0.1, 0.15) is 5.69 Å². The van der Waals surface area contributed by atoms with Crippen molar-refractivity contribution < 1.29 is 5.21 Å². The quantitative estimate of drug-likeness (QED) is 0.316. The number of amidine groups is 1. The lowest BCUT2D eigenvalue weighted by atomic mass is 10.4. The summed E-state index contributed by atoms with van der Waals surface area (Å²) in [4.78, 5) is 8.23. The molecular formula is C11H9N7OS. The molecule has 0 fully saturated rings. The van der Waals surface area contributed by atoms with E-state index in [2.05, 4.69) is 25.3 Å². The molecule has 3 N–H and O–H groups in total. The fourth-order valence-electron chi connectivity index (χ4n) is 1.60. The van der Waals surface area contributed by atoms with E-state index in [-0.39, 0.29) is 5.84 Å². The van der Waals surface area contributed by atoms with Crippen molar-refractivity contribution in [2.75, 3.05) is 0 Å². The van der Waals surface area contributed by atoms with Gasteiger partial charge < -0.3 is 10.9 Å². The Hall–Kier alpha value is -2.68. The van der Waals surface area contributed by atoms with Gasteiger partial charge in [0.25, 0.3) is 0 Å². The highest BCUT2D eigenvalue weighted by atomic mass is 32.2. The fraction of sp³-hybridized carbons (Fsp3) is 0. The summed E-state index contributed by atoms with van der Waals surface area (Å²) in [5, 5.41) is 20.9. The van der Waals surface area contributed by atoms with E-state index in [0.717, 1.165) is 5.65 Å². The minimum absolute atomic E-state index is 0.102. The predicted molar refractivity (Wildman–Crippen MR) is 71.7 cm³/mol. The van der Waals surface area contributed by atoms with Gasteiger partial charge in [0.2, 0.25) is 5.16 Å². The molecule has 0 atom stereocenters. The second kappa shape index (κ2) is 5.13. The molecule has 0 saturated carbocycles. The van der Waals surface area contributed by atoms with E-state index < -0.39 is 0 Å². The van der Waals surface area contributed by atoms with E-state index in [9.17, 15) is 0 Å². The van der Waals surface area contributed by atoms with Crippen molar-refractivity contribution >= 4 is 23.2 Å². The standard InChI is InChI=1S/C11H9N7OS/c12-9(17-19)8-10(14-5-4-13-8)20-11-16-15-7-3-1-2-6-18(7)11/h1-6,19H,(H2,12,17). The summed E-state index contributed by atoms with van der Waals surface area (Å²) in [6, 6.07) is 5.60. The first kappa shape index (κ1) is 12.4. The molecular weight excluding hydrogens is 278 g/mol. The first-order valence-corrected chi connectivity index (χ1v) is 6.38. The molecule has 8 nitrogen and oxygen atoms in total. The monoisotopic (exact) mass is 287 g/mol. The van der Waals surface area contributed by atoms with Crippen LogP contribution in [0.2, 0.25) is 0 Å². The van der Waals surface area contributed by atoms with Crippen molar-refractivity contribution in [3.63, 3.8) is 0 Å². The Morgan fingerprint density at radius 2 is 2.10 bits per heavy atom. The summed E-state index contributed by atoms with van der Waals surface area (Å²) in [6.45, 7) is 0. The smallest absolute Gasteiger partial charge is 0.201 e. The highest BCUT2D eigenvalue weighted by molar-refractivity contribution is 7.99. The van der Waals surface area contributed by atoms with E-state index in [1.54, 1.807) is 0 Å². The number of nitrogens with two attached hydrogens (primary N) is 1. The van der Waals surface area contributed by atoms with Crippen molar-refractivity contribution in [1.29, 1.82) is 0 Å². The molecule has 3 rings (SSSR count). The Kier molecular flexibility index (Phi) is 3.17. The molecule has 0 radical (unpaired) electrons. The van der Waals surface area contributed by atoms with E-state index in [1.165, 1.54) is 24.2 Å². The van der Waals surface area contributed by atoms with Crippen LogP contribution in [0.5, 0.6) is 0 Å². The summed E-state index contributed by atoms with van der Waals surface area (Å²) < 4.78 is 1.81. The van der Waals surface area contributed by atoms with Crippen molar-refractivity contribution in [1.82, 2.24) is 24.6 Å². The lowest BCUT2D eigenvalue weighted by Crippen LogP contribution is -2.16. The third-order valence-corrected chi connectivity index (χ3v) is 3.44. The van der Waals surface area contributed by atoms with Crippen LogP contribution < -0.4 is 5.73 Å². The molecule has 20 heavy (non-hydrogen) atoms. The van der Waals surface area contributed by atoms with Crippen LogP contribution in [-0.2, 0) is 0 Å². The number of hydrogen-bond acceptors (Lipinski definition) is 7. The van der Waals surface area contributed by atoms with Gasteiger partial charge in [-0.05, 0) is 23.9 Å². The SMILES string of the molecule is NC(=NO)c1nccnc1Sc1nnc2ccccn12. The van der Waals surface area contributed by atoms with Crippen molar-refractivity contribution in [2.24, 2.45) is 10.9 Å². The molecule has 0 bridgehead atoms. The van der Waals surface area contributed by atoms with Gasteiger partial charge >= 0.3 is 0 Å². The second-order valence-electron chi connectivity index (χ2n) is 3.71. The Bertz CT molecular complexity index is 785. The minimum Gasteiger partial charge on any atom is -0.409 e. The van der Waals surface area contributed by atoms with Gasteiger partial charge in [0.1, 0.15) is 10.7 Å². The first-order valence-electron chi connectivity index (χ1n) is 5.56. The van der Waals surface area contributed by atoms with Gasteiger partial charge in [-0.2, -0.15) is 0 Å². The number of oxime groups is 1. The van der Waals surface area contributed by atoms with E-state index >= 15 is 0 Å². The van der Waals surface area contributed by atoms with Crippen LogP contribution in [-0.4, -0.2) is 35.6 Å². The lowest BCUT2D eigenvalue weighted by Gasteiger charge is -2.04. The molecule has 0 spiro atoms. The maximum Gasteiger partial charge on any atom is 0.201 e. The minimum atomic E-state index is -0.102. The van der Waals surface area contributed by atoms with Crippen molar-refractivity contribution in [3.8, 4) is 0 Å². The zero-order valence-corrected chi connectivity index (χ0v) is 10.9. The molecule has 0 aliphatic rings. The molecule has 0 aromatic carbocycles. The summed E-state index contributed by atoms with van der Waals surface area (Å²) in [7, 11) is 0. The first-order chi connectivity index (χ1) is 9.79. The summed E-state index contributed by atoms with van der Waals surface area (Å²) in [6.07, 6.45) is 4.84. The number of rotatable bonds is 3. The lowest BCUT2D eigenvalue weighted by molar-refractivity contribution is 0.318. The average Bonchev–Trinajstić information content (AvgIpc) is 2.90. The molecule has 9 heteroatoms. The second-order valence-corrected chi connectivity index (χ2v) is 4.66. The predicted octanol–water partition coefficient (Wildman–Crippen LogP) is 0.765. The van der Waals surface area contributed by atoms with E-state index in [0.29, 0.717) is 15.9 Å². The number of aromatic nitrogens is 5. The van der Waals surface area contributed by atoms with Crippen LogP contribution in [0, 0.1) is 0 Å². The average molecular weight is 287 g/mol. The van der Waals surface area contributed by atoms with Gasteiger partial charge in [-0.3, -0.25) is 4.40 Å². The maximum absolute atomic E-state index is 8.76.